The maximum absolute atomic E-state index is 5.97. The number of rotatable bonds is 2. The molecule has 0 unspecified atom stereocenters. The maximum Gasteiger partial charge on any atom is 0.178 e. The molecule has 2 aromatic carbocycles. The summed E-state index contributed by atoms with van der Waals surface area (Å²) in [5.41, 5.74) is 8.55. The lowest BCUT2D eigenvalue weighted by atomic mass is 10.0. The average molecular weight is 350 g/mol. The highest BCUT2D eigenvalue weighted by atomic mass is 79.9. The second-order valence-electron chi connectivity index (χ2n) is 4.26. The molecule has 0 saturated heterocycles. The molecule has 0 aliphatic heterocycles. The first kappa shape index (κ1) is 13.2. The summed E-state index contributed by atoms with van der Waals surface area (Å²) in [5, 5.41) is 4.53. The predicted molar refractivity (Wildman–Crippen MR) is 84.5 cm³/mol. The number of hydrogen-bond donors (Lipinski definition) is 1. The molecule has 3 nitrogen and oxygen atoms in total. The number of halogens is 2. The van der Waals surface area contributed by atoms with Crippen LogP contribution in [0.25, 0.3) is 22.5 Å². The van der Waals surface area contributed by atoms with E-state index in [1.807, 2.05) is 42.5 Å². The minimum atomic E-state index is 0.369. The van der Waals surface area contributed by atoms with Gasteiger partial charge in [0.1, 0.15) is 0 Å². The monoisotopic (exact) mass is 348 g/mol. The molecule has 0 bridgehead atoms. The van der Waals surface area contributed by atoms with Gasteiger partial charge in [-0.05, 0) is 39.7 Å². The van der Waals surface area contributed by atoms with Crippen molar-refractivity contribution < 1.29 is 4.52 Å². The van der Waals surface area contributed by atoms with Crippen molar-refractivity contribution in [2.75, 3.05) is 5.73 Å². The van der Waals surface area contributed by atoms with E-state index in [9.17, 15) is 0 Å². The molecular formula is C15H10BrClN2O. The zero-order valence-corrected chi connectivity index (χ0v) is 12.6. The van der Waals surface area contributed by atoms with E-state index in [-0.39, 0.29) is 0 Å². The Morgan fingerprint density at radius 1 is 1.10 bits per heavy atom. The molecule has 0 aliphatic rings. The smallest absolute Gasteiger partial charge is 0.178 e. The zero-order valence-electron chi connectivity index (χ0n) is 10.3. The van der Waals surface area contributed by atoms with E-state index in [0.29, 0.717) is 16.6 Å². The molecule has 0 fully saturated rings. The first-order valence-electron chi connectivity index (χ1n) is 5.93. The molecule has 0 aliphatic carbocycles. The highest BCUT2D eigenvalue weighted by Gasteiger charge is 2.19. The largest absolute Gasteiger partial charge is 0.380 e. The normalized spacial score (nSPS) is 10.7. The summed E-state index contributed by atoms with van der Waals surface area (Å²) in [7, 11) is 0. The van der Waals surface area contributed by atoms with Crippen LogP contribution in [0.4, 0.5) is 5.82 Å². The van der Waals surface area contributed by atoms with Crippen molar-refractivity contribution in [1.29, 1.82) is 0 Å². The summed E-state index contributed by atoms with van der Waals surface area (Å²) in [6, 6.07) is 15.3. The van der Waals surface area contributed by atoms with Crippen molar-refractivity contribution in [2.24, 2.45) is 0 Å². The van der Waals surface area contributed by atoms with Crippen LogP contribution in [-0.2, 0) is 0 Å². The highest BCUT2D eigenvalue weighted by Crippen LogP contribution is 2.40. The van der Waals surface area contributed by atoms with Gasteiger partial charge in [0, 0.05) is 15.1 Å². The Hall–Kier alpha value is -1.78. The molecule has 3 aromatic rings. The van der Waals surface area contributed by atoms with E-state index >= 15 is 0 Å². The first-order chi connectivity index (χ1) is 9.66. The average Bonchev–Trinajstić information content (AvgIpc) is 2.81. The minimum absolute atomic E-state index is 0.369. The zero-order chi connectivity index (χ0) is 14.1. The molecule has 0 spiro atoms. The van der Waals surface area contributed by atoms with Crippen molar-refractivity contribution in [1.82, 2.24) is 5.16 Å². The van der Waals surface area contributed by atoms with Crippen LogP contribution in [0, 0.1) is 0 Å². The van der Waals surface area contributed by atoms with Crippen LogP contribution in [0.15, 0.2) is 57.5 Å². The van der Waals surface area contributed by atoms with Gasteiger partial charge in [0.05, 0.1) is 5.56 Å². The van der Waals surface area contributed by atoms with Gasteiger partial charge < -0.3 is 10.3 Å². The molecule has 1 aromatic heterocycles. The standard InChI is InChI=1S/C15H10BrClN2O/c16-12-8-10(17)6-7-11(12)14-13(15(18)19-20-14)9-4-2-1-3-5-9/h1-8H,(H2,18,19). The third kappa shape index (κ3) is 2.32. The molecule has 0 amide bonds. The Morgan fingerprint density at radius 3 is 2.55 bits per heavy atom. The van der Waals surface area contributed by atoms with Crippen LogP contribution in [-0.4, -0.2) is 5.16 Å². The Kier molecular flexibility index (Phi) is 3.51. The predicted octanol–water partition coefficient (Wildman–Crippen LogP) is 5.01. The molecule has 2 N–H and O–H groups in total. The van der Waals surface area contributed by atoms with E-state index in [0.717, 1.165) is 21.2 Å². The van der Waals surface area contributed by atoms with Crippen LogP contribution < -0.4 is 5.73 Å². The van der Waals surface area contributed by atoms with Gasteiger partial charge in [0.25, 0.3) is 0 Å². The van der Waals surface area contributed by atoms with Gasteiger partial charge in [-0.2, -0.15) is 0 Å². The second kappa shape index (κ2) is 5.31. The van der Waals surface area contributed by atoms with Crippen molar-refractivity contribution in [2.45, 2.75) is 0 Å². The number of nitrogens with two attached hydrogens (primary N) is 1. The van der Waals surface area contributed by atoms with Crippen molar-refractivity contribution in [3.8, 4) is 22.5 Å². The third-order valence-corrected chi connectivity index (χ3v) is 3.85. The van der Waals surface area contributed by atoms with Crippen LogP contribution in [0.5, 0.6) is 0 Å². The van der Waals surface area contributed by atoms with E-state index < -0.39 is 0 Å². The number of nitrogen functional groups attached to an aromatic ring is 1. The van der Waals surface area contributed by atoms with E-state index in [4.69, 9.17) is 21.9 Å². The van der Waals surface area contributed by atoms with Gasteiger partial charge in [-0.1, -0.05) is 47.1 Å². The number of aromatic nitrogens is 1. The number of benzene rings is 2. The fraction of sp³-hybridized carbons (Fsp3) is 0. The summed E-state index contributed by atoms with van der Waals surface area (Å²) < 4.78 is 6.24. The quantitative estimate of drug-likeness (QED) is 0.708. The lowest BCUT2D eigenvalue weighted by Crippen LogP contribution is -1.89. The fourth-order valence-corrected chi connectivity index (χ4v) is 2.91. The summed E-state index contributed by atoms with van der Waals surface area (Å²) in [5.74, 6) is 0.991. The highest BCUT2D eigenvalue weighted by molar-refractivity contribution is 9.10. The Labute approximate surface area is 129 Å². The summed E-state index contributed by atoms with van der Waals surface area (Å²) >= 11 is 9.45. The van der Waals surface area contributed by atoms with Gasteiger partial charge in [0.2, 0.25) is 0 Å². The topological polar surface area (TPSA) is 52.0 Å². The number of hydrogen-bond acceptors (Lipinski definition) is 3. The van der Waals surface area contributed by atoms with Crippen LogP contribution in [0.2, 0.25) is 5.02 Å². The molecule has 1 heterocycles. The van der Waals surface area contributed by atoms with Crippen molar-refractivity contribution in [3.63, 3.8) is 0 Å². The number of nitrogens with zero attached hydrogens (tertiary/aromatic N) is 1. The van der Waals surface area contributed by atoms with Gasteiger partial charge >= 0.3 is 0 Å². The van der Waals surface area contributed by atoms with Crippen LogP contribution in [0.1, 0.15) is 0 Å². The third-order valence-electron chi connectivity index (χ3n) is 2.96. The van der Waals surface area contributed by atoms with Crippen molar-refractivity contribution >= 4 is 33.3 Å². The summed E-state index contributed by atoms with van der Waals surface area (Å²) in [6.07, 6.45) is 0. The second-order valence-corrected chi connectivity index (χ2v) is 5.55. The fourth-order valence-electron chi connectivity index (χ4n) is 2.04. The minimum Gasteiger partial charge on any atom is -0.380 e. The van der Waals surface area contributed by atoms with Gasteiger partial charge in [-0.25, -0.2) is 0 Å². The van der Waals surface area contributed by atoms with Crippen molar-refractivity contribution in [3.05, 3.63) is 58.0 Å². The van der Waals surface area contributed by atoms with Crippen LogP contribution >= 0.6 is 27.5 Å². The van der Waals surface area contributed by atoms with Gasteiger partial charge in [0.15, 0.2) is 11.6 Å². The Bertz CT molecular complexity index is 756. The van der Waals surface area contributed by atoms with Gasteiger partial charge in [-0.15, -0.1) is 0 Å². The summed E-state index contributed by atoms with van der Waals surface area (Å²) in [4.78, 5) is 0. The maximum atomic E-state index is 5.97. The van der Waals surface area contributed by atoms with E-state index in [2.05, 4.69) is 21.1 Å². The number of anilines is 1. The molecular weight excluding hydrogens is 340 g/mol. The van der Waals surface area contributed by atoms with E-state index in [1.54, 1.807) is 6.07 Å². The SMILES string of the molecule is Nc1noc(-c2ccc(Cl)cc2Br)c1-c1ccccc1. The lowest BCUT2D eigenvalue weighted by molar-refractivity contribution is 0.436. The molecule has 0 radical (unpaired) electrons. The van der Waals surface area contributed by atoms with Gasteiger partial charge in [-0.3, -0.25) is 0 Å². The Morgan fingerprint density at radius 2 is 1.85 bits per heavy atom. The van der Waals surface area contributed by atoms with E-state index in [1.165, 1.54) is 0 Å². The molecule has 0 saturated carbocycles. The Balaban J connectivity index is 2.21. The molecule has 100 valence electrons. The first-order valence-corrected chi connectivity index (χ1v) is 7.10. The van der Waals surface area contributed by atoms with Crippen LogP contribution in [0.3, 0.4) is 0 Å². The molecule has 3 rings (SSSR count). The summed E-state index contributed by atoms with van der Waals surface area (Å²) in [6.45, 7) is 0. The molecule has 20 heavy (non-hydrogen) atoms. The lowest BCUT2D eigenvalue weighted by Gasteiger charge is -2.05. The molecule has 5 heteroatoms. The molecule has 0 atom stereocenters.